The van der Waals surface area contributed by atoms with E-state index in [0.29, 0.717) is 0 Å². The number of rotatable bonds is 4. The minimum absolute atomic E-state index is 0.0613. The van der Waals surface area contributed by atoms with E-state index in [9.17, 15) is 19.8 Å². The molecule has 0 aromatic heterocycles. The molecule has 1 rings (SSSR count). The van der Waals surface area contributed by atoms with Crippen LogP contribution >= 0.6 is 0 Å². The fraction of sp³-hybridized carbons (Fsp3) is 0.273. The second-order valence-electron chi connectivity index (χ2n) is 3.54. The maximum absolute atomic E-state index is 11.7. The first-order valence-corrected chi connectivity index (χ1v) is 4.70. The van der Waals surface area contributed by atoms with E-state index in [1.807, 2.05) is 0 Å². The lowest BCUT2D eigenvalue weighted by atomic mass is 9.95. The van der Waals surface area contributed by atoms with Gasteiger partial charge in [0.05, 0.1) is 12.0 Å². The molecule has 0 amide bonds. The molecule has 1 aromatic carbocycles. The topological polar surface area (TPSA) is 94.8 Å². The Hall–Kier alpha value is -2.04. The number of carboxylic acid groups (broad SMARTS) is 1. The van der Waals surface area contributed by atoms with Crippen LogP contribution in [0.1, 0.15) is 23.7 Å². The van der Waals surface area contributed by atoms with Crippen molar-refractivity contribution >= 4 is 11.8 Å². The summed E-state index contributed by atoms with van der Waals surface area (Å²) >= 11 is 0. The minimum atomic E-state index is -1.08. The molecule has 5 heteroatoms. The monoisotopic (exact) mass is 224 g/mol. The van der Waals surface area contributed by atoms with Crippen LogP contribution in [0.15, 0.2) is 18.2 Å². The number of Topliss-reactive ketones (excluding diaryl/α,β-unsaturated/α-hetero) is 1. The third kappa shape index (κ3) is 2.50. The third-order valence-electron chi connectivity index (χ3n) is 2.21. The average Bonchev–Trinajstić information content (AvgIpc) is 2.20. The SMILES string of the molecule is CC(CC(=O)O)C(=O)c1cccc(O)c1O. The van der Waals surface area contributed by atoms with Gasteiger partial charge < -0.3 is 15.3 Å². The second-order valence-corrected chi connectivity index (χ2v) is 3.54. The zero-order valence-corrected chi connectivity index (χ0v) is 8.67. The van der Waals surface area contributed by atoms with E-state index in [0.717, 1.165) is 0 Å². The number of ketones is 1. The quantitative estimate of drug-likeness (QED) is 0.530. The Morgan fingerprint density at radius 1 is 1.31 bits per heavy atom. The number of benzene rings is 1. The van der Waals surface area contributed by atoms with Crippen LogP contribution in [0, 0.1) is 5.92 Å². The van der Waals surface area contributed by atoms with Crippen LogP contribution in [0.5, 0.6) is 11.5 Å². The van der Waals surface area contributed by atoms with Gasteiger partial charge in [-0.25, -0.2) is 0 Å². The summed E-state index contributed by atoms with van der Waals surface area (Å²) in [5.41, 5.74) is -0.0613. The van der Waals surface area contributed by atoms with Crippen molar-refractivity contribution in [3.05, 3.63) is 23.8 Å². The lowest BCUT2D eigenvalue weighted by Gasteiger charge is -2.09. The summed E-state index contributed by atoms with van der Waals surface area (Å²) in [6.07, 6.45) is -0.312. The number of hydrogen-bond donors (Lipinski definition) is 3. The van der Waals surface area contributed by atoms with E-state index in [1.54, 1.807) is 0 Å². The van der Waals surface area contributed by atoms with Crippen molar-refractivity contribution in [1.29, 1.82) is 0 Å². The molecule has 0 saturated carbocycles. The Morgan fingerprint density at radius 3 is 2.50 bits per heavy atom. The number of aliphatic carboxylic acids is 1. The summed E-state index contributed by atoms with van der Waals surface area (Å²) in [4.78, 5) is 22.2. The average molecular weight is 224 g/mol. The van der Waals surface area contributed by atoms with E-state index in [4.69, 9.17) is 5.11 Å². The predicted octanol–water partition coefficient (Wildman–Crippen LogP) is 1.39. The predicted molar refractivity (Wildman–Crippen MR) is 55.5 cm³/mol. The first-order valence-electron chi connectivity index (χ1n) is 4.70. The smallest absolute Gasteiger partial charge is 0.304 e. The molecule has 1 unspecified atom stereocenters. The van der Waals surface area contributed by atoms with Gasteiger partial charge in [-0.05, 0) is 12.1 Å². The molecular weight excluding hydrogens is 212 g/mol. The van der Waals surface area contributed by atoms with Gasteiger partial charge in [0.2, 0.25) is 0 Å². The molecule has 86 valence electrons. The van der Waals surface area contributed by atoms with Gasteiger partial charge in [0, 0.05) is 5.92 Å². The fourth-order valence-corrected chi connectivity index (χ4v) is 1.35. The van der Waals surface area contributed by atoms with Crippen LogP contribution in [0.2, 0.25) is 0 Å². The number of hydrogen-bond acceptors (Lipinski definition) is 4. The highest BCUT2D eigenvalue weighted by Gasteiger charge is 2.21. The highest BCUT2D eigenvalue weighted by Crippen LogP contribution is 2.30. The van der Waals surface area contributed by atoms with Crippen LogP contribution in [-0.2, 0) is 4.79 Å². The normalized spacial score (nSPS) is 12.1. The Balaban J connectivity index is 2.96. The van der Waals surface area contributed by atoms with Crippen molar-refractivity contribution in [2.45, 2.75) is 13.3 Å². The summed E-state index contributed by atoms with van der Waals surface area (Å²) in [6, 6.07) is 4.00. The molecule has 0 radical (unpaired) electrons. The molecule has 0 aliphatic carbocycles. The number of phenolic OH excluding ortho intramolecular Hbond substituents is 2. The Morgan fingerprint density at radius 2 is 1.94 bits per heavy atom. The van der Waals surface area contributed by atoms with Gasteiger partial charge in [-0.2, -0.15) is 0 Å². The molecular formula is C11H12O5. The van der Waals surface area contributed by atoms with Crippen LogP contribution in [0.25, 0.3) is 0 Å². The molecule has 3 N–H and O–H groups in total. The zero-order chi connectivity index (χ0) is 12.3. The van der Waals surface area contributed by atoms with Gasteiger partial charge in [-0.15, -0.1) is 0 Å². The van der Waals surface area contributed by atoms with Gasteiger partial charge in [-0.1, -0.05) is 13.0 Å². The molecule has 5 nitrogen and oxygen atoms in total. The highest BCUT2D eigenvalue weighted by molar-refractivity contribution is 6.01. The number of phenols is 2. The molecule has 0 aliphatic heterocycles. The Labute approximate surface area is 92.0 Å². The second kappa shape index (κ2) is 4.65. The van der Waals surface area contributed by atoms with Crippen molar-refractivity contribution in [1.82, 2.24) is 0 Å². The molecule has 0 saturated heterocycles. The molecule has 1 atom stereocenters. The number of carbonyl (C=O) groups excluding carboxylic acids is 1. The lowest BCUT2D eigenvalue weighted by molar-refractivity contribution is -0.137. The van der Waals surface area contributed by atoms with E-state index >= 15 is 0 Å². The van der Waals surface area contributed by atoms with Crippen molar-refractivity contribution in [3.8, 4) is 11.5 Å². The lowest BCUT2D eigenvalue weighted by Crippen LogP contribution is -2.15. The summed E-state index contributed by atoms with van der Waals surface area (Å²) in [5, 5.41) is 27.2. The summed E-state index contributed by atoms with van der Waals surface area (Å²) in [6.45, 7) is 1.46. The fourth-order valence-electron chi connectivity index (χ4n) is 1.35. The van der Waals surface area contributed by atoms with Crippen LogP contribution in [0.3, 0.4) is 0 Å². The maximum atomic E-state index is 11.7. The van der Waals surface area contributed by atoms with E-state index in [1.165, 1.54) is 25.1 Å². The number of para-hydroxylation sites is 1. The van der Waals surface area contributed by atoms with Crippen molar-refractivity contribution < 1.29 is 24.9 Å². The molecule has 0 aliphatic rings. The van der Waals surface area contributed by atoms with Crippen molar-refractivity contribution in [3.63, 3.8) is 0 Å². The highest BCUT2D eigenvalue weighted by atomic mass is 16.4. The maximum Gasteiger partial charge on any atom is 0.304 e. The number of carbonyl (C=O) groups is 2. The van der Waals surface area contributed by atoms with Crippen LogP contribution < -0.4 is 0 Å². The summed E-state index contributed by atoms with van der Waals surface area (Å²) < 4.78 is 0. The summed E-state index contributed by atoms with van der Waals surface area (Å²) in [7, 11) is 0. The van der Waals surface area contributed by atoms with Gasteiger partial charge in [0.1, 0.15) is 0 Å². The Bertz CT molecular complexity index is 424. The largest absolute Gasteiger partial charge is 0.504 e. The standard InChI is InChI=1S/C11H12O5/c1-6(5-9(13)14)10(15)7-3-2-4-8(12)11(7)16/h2-4,6,12,16H,5H2,1H3,(H,13,14). The zero-order valence-electron chi connectivity index (χ0n) is 8.67. The molecule has 0 bridgehead atoms. The number of carboxylic acids is 1. The molecule has 0 heterocycles. The summed E-state index contributed by atoms with van der Waals surface area (Å²) in [5.74, 6) is -3.24. The molecule has 1 aromatic rings. The molecule has 0 fully saturated rings. The first kappa shape index (κ1) is 12.0. The molecule has 16 heavy (non-hydrogen) atoms. The van der Waals surface area contributed by atoms with Gasteiger partial charge in [0.15, 0.2) is 17.3 Å². The third-order valence-corrected chi connectivity index (χ3v) is 2.21. The first-order chi connectivity index (χ1) is 7.43. The van der Waals surface area contributed by atoms with E-state index in [2.05, 4.69) is 0 Å². The van der Waals surface area contributed by atoms with Gasteiger partial charge in [-0.3, -0.25) is 9.59 Å². The van der Waals surface area contributed by atoms with E-state index < -0.39 is 29.2 Å². The van der Waals surface area contributed by atoms with Gasteiger partial charge in [0.25, 0.3) is 0 Å². The minimum Gasteiger partial charge on any atom is -0.504 e. The van der Waals surface area contributed by atoms with Crippen LogP contribution in [-0.4, -0.2) is 27.1 Å². The van der Waals surface area contributed by atoms with E-state index in [-0.39, 0.29) is 12.0 Å². The van der Waals surface area contributed by atoms with Crippen LogP contribution in [0.4, 0.5) is 0 Å². The Kier molecular flexibility index (Phi) is 3.50. The van der Waals surface area contributed by atoms with Gasteiger partial charge >= 0.3 is 5.97 Å². The van der Waals surface area contributed by atoms with Crippen molar-refractivity contribution in [2.24, 2.45) is 5.92 Å². The molecule has 0 spiro atoms. The number of aromatic hydroxyl groups is 2. The van der Waals surface area contributed by atoms with Crippen molar-refractivity contribution in [2.75, 3.05) is 0 Å².